The molecular weight excluding hydrogens is 210 g/mol. The lowest BCUT2D eigenvalue weighted by Gasteiger charge is -2.21. The Labute approximate surface area is 102 Å². The number of rotatable bonds is 1. The van der Waals surface area contributed by atoms with E-state index in [4.69, 9.17) is 5.79 Å². The summed E-state index contributed by atoms with van der Waals surface area (Å²) in [6, 6.07) is 10.9. The highest BCUT2D eigenvalue weighted by Gasteiger charge is 2.26. The summed E-state index contributed by atoms with van der Waals surface area (Å²) in [5.74, 6) is 0.721. The van der Waals surface area contributed by atoms with E-state index in [9.17, 15) is 0 Å². The lowest BCUT2D eigenvalue weighted by molar-refractivity contribution is -0.418. The SMILES string of the molecule is [2H]c1cc2c(o1)C=C[N+](=C)[C-]2c1ccccc1C. The van der Waals surface area contributed by atoms with Crippen molar-refractivity contribution >= 4 is 12.8 Å². The van der Waals surface area contributed by atoms with Gasteiger partial charge < -0.3 is 4.42 Å². The molecule has 0 aliphatic carbocycles. The molecule has 2 aromatic rings. The highest BCUT2D eigenvalue weighted by atomic mass is 16.3. The van der Waals surface area contributed by atoms with E-state index in [2.05, 4.69) is 25.8 Å². The molecule has 2 heteroatoms. The molecule has 0 spiro atoms. The zero-order valence-corrected chi connectivity index (χ0v) is 9.60. The Balaban J connectivity index is 2.19. The fourth-order valence-corrected chi connectivity index (χ4v) is 2.11. The molecule has 2 nitrogen and oxygen atoms in total. The van der Waals surface area contributed by atoms with Crippen LogP contribution >= 0.6 is 0 Å². The summed E-state index contributed by atoms with van der Waals surface area (Å²) >= 11 is 0. The predicted molar refractivity (Wildman–Crippen MR) is 67.7 cm³/mol. The largest absolute Gasteiger partial charge is 0.495 e. The second-order valence-corrected chi connectivity index (χ2v) is 4.09. The van der Waals surface area contributed by atoms with Gasteiger partial charge in [-0.1, -0.05) is 42.8 Å². The van der Waals surface area contributed by atoms with Crippen LogP contribution in [0.3, 0.4) is 0 Å². The number of hydrogen-bond acceptors (Lipinski definition) is 1. The zero-order chi connectivity index (χ0) is 12.7. The van der Waals surface area contributed by atoms with Gasteiger partial charge in [-0.15, -0.1) is 0 Å². The van der Waals surface area contributed by atoms with Crippen LogP contribution in [-0.4, -0.2) is 11.3 Å². The van der Waals surface area contributed by atoms with Crippen molar-refractivity contribution in [3.63, 3.8) is 0 Å². The van der Waals surface area contributed by atoms with Crippen molar-refractivity contribution < 1.29 is 10.4 Å². The molecule has 1 aliphatic heterocycles. The molecule has 1 aromatic heterocycles. The number of aryl methyl sites for hydroxylation is 1. The Kier molecular flexibility index (Phi) is 1.91. The lowest BCUT2D eigenvalue weighted by atomic mass is 9.93. The molecule has 0 saturated heterocycles. The van der Waals surface area contributed by atoms with E-state index in [0.717, 1.165) is 22.9 Å². The van der Waals surface area contributed by atoms with Gasteiger partial charge in [0.05, 0.1) is 20.1 Å². The molecule has 0 bridgehead atoms. The van der Waals surface area contributed by atoms with Crippen LogP contribution in [0, 0.1) is 13.0 Å². The first-order valence-corrected chi connectivity index (χ1v) is 5.48. The Morgan fingerprint density at radius 3 is 2.94 bits per heavy atom. The van der Waals surface area contributed by atoms with Gasteiger partial charge in [0.25, 0.3) is 0 Å². The van der Waals surface area contributed by atoms with Crippen LogP contribution in [0.5, 0.6) is 0 Å². The van der Waals surface area contributed by atoms with E-state index >= 15 is 0 Å². The Morgan fingerprint density at radius 2 is 2.12 bits per heavy atom. The molecule has 3 rings (SSSR count). The second-order valence-electron chi connectivity index (χ2n) is 4.09. The van der Waals surface area contributed by atoms with Crippen molar-refractivity contribution in [2.24, 2.45) is 0 Å². The Hall–Kier alpha value is -2.22. The molecular formula is C15H13NO. The van der Waals surface area contributed by atoms with Crippen LogP contribution in [0.15, 0.2) is 47.2 Å². The maximum absolute atomic E-state index is 7.61. The minimum atomic E-state index is 0.172. The number of hydrogen-bond donors (Lipinski definition) is 0. The molecule has 1 aliphatic rings. The van der Waals surface area contributed by atoms with E-state index in [-0.39, 0.29) is 6.24 Å². The highest BCUT2D eigenvalue weighted by molar-refractivity contribution is 5.59. The molecule has 0 saturated carbocycles. The molecule has 0 atom stereocenters. The van der Waals surface area contributed by atoms with Gasteiger partial charge in [0.15, 0.2) is 6.04 Å². The van der Waals surface area contributed by atoms with Crippen molar-refractivity contribution in [3.05, 3.63) is 71.3 Å². The second kappa shape index (κ2) is 3.67. The summed E-state index contributed by atoms with van der Waals surface area (Å²) in [5.41, 5.74) is 3.21. The highest BCUT2D eigenvalue weighted by Crippen LogP contribution is 2.33. The van der Waals surface area contributed by atoms with Gasteiger partial charge in [0.2, 0.25) is 0 Å². The third-order valence-corrected chi connectivity index (χ3v) is 2.99. The average molecular weight is 224 g/mol. The Morgan fingerprint density at radius 1 is 1.29 bits per heavy atom. The van der Waals surface area contributed by atoms with Gasteiger partial charge in [-0.25, -0.2) is 4.58 Å². The van der Waals surface area contributed by atoms with Crippen LogP contribution in [0.2, 0.25) is 0 Å². The standard InChI is InChI=1S/C15H13NO/c1-11-5-3-4-6-12(11)15-13-8-10-17-14(13)7-9-16(15)2/h3-10H,2H2,1H3/i10D. The van der Waals surface area contributed by atoms with E-state index in [1.54, 1.807) is 6.07 Å². The molecule has 84 valence electrons. The van der Waals surface area contributed by atoms with E-state index in [1.807, 2.05) is 29.0 Å². The molecule has 1 aromatic carbocycles. The summed E-state index contributed by atoms with van der Waals surface area (Å²) in [6.45, 7) is 6.08. The van der Waals surface area contributed by atoms with Crippen molar-refractivity contribution in [1.82, 2.24) is 0 Å². The summed E-state index contributed by atoms with van der Waals surface area (Å²) in [6.07, 6.45) is 3.86. The maximum Gasteiger partial charge on any atom is 0.163 e. The van der Waals surface area contributed by atoms with Crippen LogP contribution in [-0.2, 0) is 0 Å². The predicted octanol–water partition coefficient (Wildman–Crippen LogP) is 3.21. The monoisotopic (exact) mass is 224 g/mol. The van der Waals surface area contributed by atoms with Gasteiger partial charge in [-0.2, -0.15) is 0 Å². The van der Waals surface area contributed by atoms with Gasteiger partial charge in [-0.05, 0) is 11.6 Å². The van der Waals surface area contributed by atoms with Gasteiger partial charge in [0.1, 0.15) is 6.20 Å². The summed E-state index contributed by atoms with van der Waals surface area (Å²) in [4.78, 5) is 0. The minimum Gasteiger partial charge on any atom is -0.495 e. The third-order valence-electron chi connectivity index (χ3n) is 2.99. The molecule has 0 N–H and O–H groups in total. The fourth-order valence-electron chi connectivity index (χ4n) is 2.11. The lowest BCUT2D eigenvalue weighted by Crippen LogP contribution is -2.18. The quantitative estimate of drug-likeness (QED) is 0.536. The van der Waals surface area contributed by atoms with Gasteiger partial charge in [-0.3, -0.25) is 0 Å². The Bertz CT molecular complexity index is 654. The van der Waals surface area contributed by atoms with E-state index in [1.165, 1.54) is 5.56 Å². The molecule has 0 fully saturated rings. The summed E-state index contributed by atoms with van der Waals surface area (Å²) < 4.78 is 14.8. The van der Waals surface area contributed by atoms with Crippen molar-refractivity contribution in [2.45, 2.75) is 6.92 Å². The topological polar surface area (TPSA) is 16.1 Å². The van der Waals surface area contributed by atoms with Crippen LogP contribution in [0.25, 0.3) is 6.08 Å². The number of benzene rings is 1. The first-order chi connectivity index (χ1) is 8.66. The molecule has 0 amide bonds. The van der Waals surface area contributed by atoms with Crippen molar-refractivity contribution in [3.8, 4) is 0 Å². The van der Waals surface area contributed by atoms with Crippen LogP contribution < -0.4 is 0 Å². The maximum atomic E-state index is 7.61. The number of nitrogens with zero attached hydrogens (tertiary/aromatic N) is 1. The molecule has 0 unspecified atom stereocenters. The first-order valence-electron chi connectivity index (χ1n) is 5.98. The fraction of sp³-hybridized carbons (Fsp3) is 0.0667. The normalized spacial score (nSPS) is 14.8. The van der Waals surface area contributed by atoms with E-state index < -0.39 is 0 Å². The van der Waals surface area contributed by atoms with Gasteiger partial charge >= 0.3 is 0 Å². The minimum absolute atomic E-state index is 0.172. The van der Waals surface area contributed by atoms with Crippen molar-refractivity contribution in [1.29, 1.82) is 0 Å². The summed E-state index contributed by atoms with van der Waals surface area (Å²) in [7, 11) is 0. The third kappa shape index (κ3) is 1.49. The molecule has 17 heavy (non-hydrogen) atoms. The molecule has 0 radical (unpaired) electrons. The van der Waals surface area contributed by atoms with Crippen LogP contribution in [0.1, 0.15) is 23.8 Å². The zero-order valence-electron chi connectivity index (χ0n) is 10.6. The number of furan rings is 1. The first kappa shape index (κ1) is 8.88. The smallest absolute Gasteiger partial charge is 0.163 e. The number of fused-ring (bicyclic) bond motifs is 1. The van der Waals surface area contributed by atoms with E-state index in [0.29, 0.717) is 0 Å². The van der Waals surface area contributed by atoms with Crippen molar-refractivity contribution in [2.75, 3.05) is 0 Å². The average Bonchev–Trinajstić information content (AvgIpc) is 2.71. The molecule has 2 heterocycles. The van der Waals surface area contributed by atoms with Gasteiger partial charge in [0, 0.05) is 5.56 Å². The summed E-state index contributed by atoms with van der Waals surface area (Å²) in [5, 5.41) is 0. The van der Waals surface area contributed by atoms with Crippen LogP contribution in [0.4, 0.5) is 0 Å².